The van der Waals surface area contributed by atoms with Crippen LogP contribution >= 0.6 is 15.9 Å². The fourth-order valence-electron chi connectivity index (χ4n) is 2.01. The van der Waals surface area contributed by atoms with Crippen molar-refractivity contribution in [2.75, 3.05) is 13.1 Å². The number of β-amino-alcohol motifs (C(OH)–C–C–N with tert-alkyl or cyclic N) is 1. The van der Waals surface area contributed by atoms with E-state index in [0.29, 0.717) is 17.6 Å². The molecule has 0 amide bonds. The number of nitrogens with zero attached hydrogens (tertiary/aromatic N) is 2. The van der Waals surface area contributed by atoms with Gasteiger partial charge >= 0.3 is 0 Å². The third kappa shape index (κ3) is 3.02. The van der Waals surface area contributed by atoms with Crippen LogP contribution in [0.2, 0.25) is 0 Å². The third-order valence-electron chi connectivity index (χ3n) is 2.86. The molecule has 1 N–H and O–H groups in total. The first-order valence-corrected chi connectivity index (χ1v) is 6.19. The molecule has 1 atom stereocenters. The molecule has 17 heavy (non-hydrogen) atoms. The van der Waals surface area contributed by atoms with Crippen molar-refractivity contribution in [3.63, 3.8) is 0 Å². The van der Waals surface area contributed by atoms with Crippen molar-refractivity contribution in [3.05, 3.63) is 38.3 Å². The van der Waals surface area contributed by atoms with Gasteiger partial charge in [-0.05, 0) is 34.0 Å². The van der Waals surface area contributed by atoms with Crippen molar-refractivity contribution in [1.82, 2.24) is 4.90 Å². The molecular weight excluding hydrogens is 288 g/mol. The average molecular weight is 301 g/mol. The molecule has 1 aromatic carbocycles. The van der Waals surface area contributed by atoms with Gasteiger partial charge < -0.3 is 5.11 Å². The van der Waals surface area contributed by atoms with Gasteiger partial charge in [0.1, 0.15) is 0 Å². The summed E-state index contributed by atoms with van der Waals surface area (Å²) in [6.07, 6.45) is 0.513. The monoisotopic (exact) mass is 300 g/mol. The summed E-state index contributed by atoms with van der Waals surface area (Å²) in [5, 5.41) is 20.2. The summed E-state index contributed by atoms with van der Waals surface area (Å²) in [4.78, 5) is 12.5. The van der Waals surface area contributed by atoms with E-state index in [-0.39, 0.29) is 11.8 Å². The highest BCUT2D eigenvalue weighted by Crippen LogP contribution is 2.26. The number of nitro groups is 1. The molecule has 1 heterocycles. The fourth-order valence-corrected chi connectivity index (χ4v) is 2.40. The highest BCUT2D eigenvalue weighted by molar-refractivity contribution is 9.10. The number of likely N-dealkylation sites (tertiary alicyclic amines) is 1. The first-order chi connectivity index (χ1) is 8.06. The Balaban J connectivity index is 2.11. The number of aliphatic hydroxyl groups is 1. The van der Waals surface area contributed by atoms with E-state index in [9.17, 15) is 15.2 Å². The zero-order valence-corrected chi connectivity index (χ0v) is 10.8. The van der Waals surface area contributed by atoms with Crippen molar-refractivity contribution in [3.8, 4) is 0 Å². The fraction of sp³-hybridized carbons (Fsp3) is 0.455. The van der Waals surface area contributed by atoms with Gasteiger partial charge in [-0.25, -0.2) is 0 Å². The molecule has 0 aromatic heterocycles. The minimum Gasteiger partial charge on any atom is -0.392 e. The van der Waals surface area contributed by atoms with E-state index in [4.69, 9.17) is 0 Å². The number of aliphatic hydroxyl groups excluding tert-OH is 1. The van der Waals surface area contributed by atoms with Crippen molar-refractivity contribution >= 4 is 21.6 Å². The summed E-state index contributed by atoms with van der Waals surface area (Å²) in [6.45, 7) is 2.13. The maximum Gasteiger partial charge on any atom is 0.283 e. The van der Waals surface area contributed by atoms with Crippen LogP contribution in [0.4, 0.5) is 5.69 Å². The Morgan fingerprint density at radius 2 is 2.35 bits per heavy atom. The van der Waals surface area contributed by atoms with E-state index in [1.807, 2.05) is 6.07 Å². The van der Waals surface area contributed by atoms with Gasteiger partial charge in [-0.2, -0.15) is 0 Å². The molecule has 92 valence electrons. The van der Waals surface area contributed by atoms with Crippen LogP contribution in [0, 0.1) is 10.1 Å². The van der Waals surface area contributed by atoms with Crippen molar-refractivity contribution in [2.24, 2.45) is 0 Å². The number of benzene rings is 1. The van der Waals surface area contributed by atoms with Crippen molar-refractivity contribution < 1.29 is 10.0 Å². The molecule has 0 radical (unpaired) electrons. The lowest BCUT2D eigenvalue weighted by Crippen LogP contribution is -2.21. The number of rotatable bonds is 3. The Bertz CT molecular complexity index is 439. The molecule has 0 unspecified atom stereocenters. The van der Waals surface area contributed by atoms with Gasteiger partial charge in [0.2, 0.25) is 0 Å². The Morgan fingerprint density at radius 3 is 2.94 bits per heavy atom. The lowest BCUT2D eigenvalue weighted by atomic mass is 10.2. The van der Waals surface area contributed by atoms with Crippen LogP contribution in [0.5, 0.6) is 0 Å². The average Bonchev–Trinajstić information content (AvgIpc) is 2.66. The number of nitro benzene ring substituents is 1. The van der Waals surface area contributed by atoms with Gasteiger partial charge in [-0.15, -0.1) is 0 Å². The zero-order chi connectivity index (χ0) is 12.4. The van der Waals surface area contributed by atoms with Crippen molar-refractivity contribution in [1.29, 1.82) is 0 Å². The molecule has 1 fully saturated rings. The minimum absolute atomic E-state index is 0.0854. The molecule has 5 nitrogen and oxygen atoms in total. The van der Waals surface area contributed by atoms with E-state index in [0.717, 1.165) is 18.5 Å². The van der Waals surface area contributed by atoms with Crippen molar-refractivity contribution in [2.45, 2.75) is 19.1 Å². The normalized spacial score (nSPS) is 20.7. The predicted molar refractivity (Wildman–Crippen MR) is 66.7 cm³/mol. The summed E-state index contributed by atoms with van der Waals surface area (Å²) in [7, 11) is 0. The Labute approximate surface area is 107 Å². The van der Waals surface area contributed by atoms with Gasteiger partial charge in [0.25, 0.3) is 5.69 Å². The highest BCUT2D eigenvalue weighted by atomic mass is 79.9. The molecule has 0 spiro atoms. The minimum atomic E-state index is -0.396. The van der Waals surface area contributed by atoms with Crippen LogP contribution in [0.3, 0.4) is 0 Å². The van der Waals surface area contributed by atoms with Crippen LogP contribution in [0.15, 0.2) is 22.7 Å². The molecule has 0 saturated carbocycles. The number of hydrogen-bond acceptors (Lipinski definition) is 4. The van der Waals surface area contributed by atoms with Crippen LogP contribution in [0.25, 0.3) is 0 Å². The quantitative estimate of drug-likeness (QED) is 0.684. The highest BCUT2D eigenvalue weighted by Gasteiger charge is 2.21. The largest absolute Gasteiger partial charge is 0.392 e. The second-order valence-corrected chi connectivity index (χ2v) is 5.07. The summed E-state index contributed by atoms with van der Waals surface area (Å²) in [6, 6.07) is 5.14. The van der Waals surface area contributed by atoms with Gasteiger partial charge in [0, 0.05) is 25.7 Å². The van der Waals surface area contributed by atoms with E-state index < -0.39 is 4.92 Å². The molecule has 2 rings (SSSR count). The summed E-state index contributed by atoms with van der Waals surface area (Å²) in [5.74, 6) is 0. The molecule has 1 aliphatic heterocycles. The summed E-state index contributed by atoms with van der Waals surface area (Å²) in [5.41, 5.74) is 0.983. The maximum atomic E-state index is 10.8. The standard InChI is InChI=1S/C11H13BrN2O3/c12-10-2-1-8(5-11(10)14(16)17)6-13-4-3-9(15)7-13/h1-2,5,9,15H,3-4,6-7H2/t9-/m1/s1. The van der Waals surface area contributed by atoms with E-state index in [1.54, 1.807) is 12.1 Å². The number of hydrogen-bond donors (Lipinski definition) is 1. The van der Waals surface area contributed by atoms with Gasteiger partial charge in [0.05, 0.1) is 15.5 Å². The molecule has 1 aliphatic rings. The zero-order valence-electron chi connectivity index (χ0n) is 9.17. The van der Waals surface area contributed by atoms with Crippen LogP contribution in [0.1, 0.15) is 12.0 Å². The van der Waals surface area contributed by atoms with Crippen LogP contribution in [-0.2, 0) is 6.54 Å². The summed E-state index contributed by atoms with van der Waals surface area (Å²) >= 11 is 3.16. The van der Waals surface area contributed by atoms with Crippen LogP contribution in [-0.4, -0.2) is 34.1 Å². The topological polar surface area (TPSA) is 66.6 Å². The molecule has 0 aliphatic carbocycles. The molecule has 0 bridgehead atoms. The third-order valence-corrected chi connectivity index (χ3v) is 3.53. The predicted octanol–water partition coefficient (Wildman–Crippen LogP) is 1.92. The first-order valence-electron chi connectivity index (χ1n) is 5.39. The number of halogens is 1. The molecule has 1 aromatic rings. The Kier molecular flexibility index (Phi) is 3.76. The molecule has 1 saturated heterocycles. The molecular formula is C11H13BrN2O3. The second-order valence-electron chi connectivity index (χ2n) is 4.22. The van der Waals surface area contributed by atoms with E-state index in [2.05, 4.69) is 20.8 Å². The SMILES string of the molecule is O=[N+]([O-])c1cc(CN2CC[C@@H](O)C2)ccc1Br. The smallest absolute Gasteiger partial charge is 0.283 e. The van der Waals surface area contributed by atoms with E-state index >= 15 is 0 Å². The second kappa shape index (κ2) is 5.12. The lowest BCUT2D eigenvalue weighted by Gasteiger charge is -2.14. The lowest BCUT2D eigenvalue weighted by molar-refractivity contribution is -0.385. The van der Waals surface area contributed by atoms with E-state index in [1.165, 1.54) is 0 Å². The Morgan fingerprint density at radius 1 is 1.59 bits per heavy atom. The van der Waals surface area contributed by atoms with Gasteiger partial charge in [-0.1, -0.05) is 6.07 Å². The first kappa shape index (κ1) is 12.5. The van der Waals surface area contributed by atoms with Gasteiger partial charge in [-0.3, -0.25) is 15.0 Å². The van der Waals surface area contributed by atoms with Crippen LogP contribution < -0.4 is 0 Å². The maximum absolute atomic E-state index is 10.8. The van der Waals surface area contributed by atoms with Gasteiger partial charge in [0.15, 0.2) is 0 Å². The summed E-state index contributed by atoms with van der Waals surface area (Å²) < 4.78 is 0.493. The molecule has 6 heteroatoms. The Hall–Kier alpha value is -0.980.